The summed E-state index contributed by atoms with van der Waals surface area (Å²) in [7, 11) is 0. The van der Waals surface area contributed by atoms with Crippen LogP contribution in [0.5, 0.6) is 0 Å². The molecule has 7 nitrogen and oxygen atoms in total. The zero-order chi connectivity index (χ0) is 11.6. The van der Waals surface area contributed by atoms with Crippen molar-refractivity contribution < 1.29 is 25.2 Å². The van der Waals surface area contributed by atoms with E-state index in [1.54, 1.807) is 0 Å². The molecule has 0 saturated heterocycles. The highest BCUT2D eigenvalue weighted by atomic mass is 16.4. The molecule has 0 heterocycles. The van der Waals surface area contributed by atoms with Crippen LogP contribution < -0.4 is 0 Å². The summed E-state index contributed by atoms with van der Waals surface area (Å²) in [5, 5.41) is 47.6. The van der Waals surface area contributed by atoms with E-state index in [9.17, 15) is 4.79 Å². The number of nitriles is 2. The van der Waals surface area contributed by atoms with Crippen LogP contribution >= 0.6 is 0 Å². The Morgan fingerprint density at radius 2 is 1.57 bits per heavy atom. The van der Waals surface area contributed by atoms with Gasteiger partial charge in [0.05, 0.1) is 25.4 Å². The second kappa shape index (κ2) is 9.42. The van der Waals surface area contributed by atoms with E-state index in [-0.39, 0.29) is 13.2 Å². The number of nitrogens with zero attached hydrogens (tertiary/aromatic N) is 2. The monoisotopic (exact) mass is 202 g/mol. The summed E-state index contributed by atoms with van der Waals surface area (Å²) in [5.74, 6) is -2.91. The topological polar surface area (TPSA) is 146 Å². The van der Waals surface area contributed by atoms with Crippen molar-refractivity contribution in [1.29, 1.82) is 10.5 Å². The lowest BCUT2D eigenvalue weighted by atomic mass is 10.2. The van der Waals surface area contributed by atoms with Gasteiger partial charge >= 0.3 is 5.97 Å². The first-order valence-electron chi connectivity index (χ1n) is 3.45. The van der Waals surface area contributed by atoms with Crippen LogP contribution in [0.2, 0.25) is 0 Å². The molecular formula is C7H10N2O5. The van der Waals surface area contributed by atoms with Crippen molar-refractivity contribution in [2.75, 3.05) is 13.2 Å². The summed E-state index contributed by atoms with van der Waals surface area (Å²) in [6.07, 6.45) is -0.954. The molecule has 78 valence electrons. The summed E-state index contributed by atoms with van der Waals surface area (Å²) < 4.78 is 0. The highest BCUT2D eigenvalue weighted by molar-refractivity contribution is 5.75. The molecule has 0 radical (unpaired) electrons. The maximum absolute atomic E-state index is 9.72. The van der Waals surface area contributed by atoms with Crippen molar-refractivity contribution in [1.82, 2.24) is 0 Å². The zero-order valence-electron chi connectivity index (χ0n) is 7.16. The fourth-order valence-corrected chi connectivity index (χ4v) is 0.197. The fraction of sp³-hybridized carbons (Fsp3) is 0.571. The van der Waals surface area contributed by atoms with Gasteiger partial charge in [0.2, 0.25) is 5.92 Å². The predicted octanol–water partition coefficient (Wildman–Crippen LogP) is -1.93. The second-order valence-electron chi connectivity index (χ2n) is 2.05. The van der Waals surface area contributed by atoms with Crippen LogP contribution in [0, 0.1) is 28.6 Å². The molecule has 0 rings (SSSR count). The lowest BCUT2D eigenvalue weighted by Crippen LogP contribution is -2.15. The van der Waals surface area contributed by atoms with Gasteiger partial charge in [0, 0.05) is 0 Å². The zero-order valence-corrected chi connectivity index (χ0v) is 7.16. The van der Waals surface area contributed by atoms with Gasteiger partial charge in [-0.3, -0.25) is 0 Å². The number of carboxylic acids is 1. The standard InChI is InChI=1S/C4H2N2O2.C3H8O3/c5-1-3(2-6)4(7)8;4-1-3(6)2-5/h3H,(H,7,8);3-6H,1-2H2. The van der Waals surface area contributed by atoms with Crippen molar-refractivity contribution in [3.63, 3.8) is 0 Å². The van der Waals surface area contributed by atoms with Crippen LogP contribution in [-0.2, 0) is 4.79 Å². The number of aliphatic hydroxyl groups excluding tert-OH is 3. The van der Waals surface area contributed by atoms with Gasteiger partial charge in [-0.05, 0) is 0 Å². The van der Waals surface area contributed by atoms with Crippen molar-refractivity contribution >= 4 is 5.97 Å². The second-order valence-corrected chi connectivity index (χ2v) is 2.05. The van der Waals surface area contributed by atoms with Gasteiger partial charge in [0.15, 0.2) is 0 Å². The number of aliphatic hydroxyl groups is 3. The molecule has 0 spiro atoms. The minimum absolute atomic E-state index is 0.365. The molecule has 0 unspecified atom stereocenters. The molecule has 14 heavy (non-hydrogen) atoms. The molecule has 0 amide bonds. The van der Waals surface area contributed by atoms with E-state index in [0.29, 0.717) is 0 Å². The maximum atomic E-state index is 9.72. The quantitative estimate of drug-likeness (QED) is 0.416. The molecule has 0 fully saturated rings. The number of rotatable bonds is 3. The van der Waals surface area contributed by atoms with Gasteiger partial charge in [-0.2, -0.15) is 10.5 Å². The fourth-order valence-electron chi connectivity index (χ4n) is 0.197. The maximum Gasteiger partial charge on any atom is 0.335 e. The summed E-state index contributed by atoms with van der Waals surface area (Å²) in [6, 6.07) is 2.58. The number of carboxylic acid groups (broad SMARTS) is 1. The van der Waals surface area contributed by atoms with E-state index in [0.717, 1.165) is 0 Å². The SMILES string of the molecule is N#CC(C#N)C(=O)O.OCC(O)CO. The van der Waals surface area contributed by atoms with Gasteiger partial charge in [0.25, 0.3) is 0 Å². The average molecular weight is 202 g/mol. The Labute approximate surface area is 80.1 Å². The Balaban J connectivity index is 0. The number of carbonyl (C=O) groups is 1. The largest absolute Gasteiger partial charge is 0.479 e. The Bertz CT molecular complexity index is 223. The number of hydrogen-bond donors (Lipinski definition) is 4. The molecule has 0 aliphatic rings. The van der Waals surface area contributed by atoms with Crippen LogP contribution in [0.1, 0.15) is 0 Å². The Hall–Kier alpha value is -1.67. The van der Waals surface area contributed by atoms with Crippen molar-refractivity contribution in [2.45, 2.75) is 6.10 Å². The number of aliphatic carboxylic acids is 1. The van der Waals surface area contributed by atoms with Crippen LogP contribution in [0.25, 0.3) is 0 Å². The van der Waals surface area contributed by atoms with Crippen molar-refractivity contribution in [3.05, 3.63) is 0 Å². The predicted molar refractivity (Wildman–Crippen MR) is 42.5 cm³/mol. The smallest absolute Gasteiger partial charge is 0.335 e. The molecule has 0 aliphatic carbocycles. The van der Waals surface area contributed by atoms with Gasteiger partial charge < -0.3 is 20.4 Å². The van der Waals surface area contributed by atoms with Crippen LogP contribution in [0.15, 0.2) is 0 Å². The van der Waals surface area contributed by atoms with E-state index in [2.05, 4.69) is 0 Å². The lowest BCUT2D eigenvalue weighted by Gasteiger charge is -1.96. The van der Waals surface area contributed by atoms with Gasteiger partial charge in [-0.25, -0.2) is 4.79 Å². The third-order valence-corrected chi connectivity index (χ3v) is 0.927. The van der Waals surface area contributed by atoms with Crippen LogP contribution in [0.4, 0.5) is 0 Å². The summed E-state index contributed by atoms with van der Waals surface area (Å²) >= 11 is 0. The normalized spacial score (nSPS) is 8.50. The van der Waals surface area contributed by atoms with E-state index in [4.69, 9.17) is 30.9 Å². The molecule has 0 bridgehead atoms. The first-order chi connectivity index (χ1) is 6.53. The lowest BCUT2D eigenvalue weighted by molar-refractivity contribution is -0.138. The minimum atomic E-state index is -1.52. The summed E-state index contributed by atoms with van der Waals surface area (Å²) in [6.45, 7) is -0.729. The molecule has 0 aliphatic heterocycles. The molecule has 0 atom stereocenters. The molecule has 0 aromatic heterocycles. The van der Waals surface area contributed by atoms with E-state index >= 15 is 0 Å². The Morgan fingerprint density at radius 1 is 1.21 bits per heavy atom. The highest BCUT2D eigenvalue weighted by Crippen LogP contribution is 1.88. The van der Waals surface area contributed by atoms with Crippen molar-refractivity contribution in [3.8, 4) is 12.1 Å². The third-order valence-electron chi connectivity index (χ3n) is 0.927. The van der Waals surface area contributed by atoms with Crippen molar-refractivity contribution in [2.24, 2.45) is 5.92 Å². The van der Waals surface area contributed by atoms with Gasteiger partial charge in [0.1, 0.15) is 6.10 Å². The molecule has 7 heteroatoms. The Kier molecular flexibility index (Phi) is 9.98. The van der Waals surface area contributed by atoms with Crippen LogP contribution in [0.3, 0.4) is 0 Å². The van der Waals surface area contributed by atoms with Crippen LogP contribution in [-0.4, -0.2) is 45.7 Å². The first-order valence-corrected chi connectivity index (χ1v) is 3.45. The first kappa shape index (κ1) is 14.8. The highest BCUT2D eigenvalue weighted by Gasteiger charge is 2.13. The average Bonchev–Trinajstić information content (AvgIpc) is 2.19. The summed E-state index contributed by atoms with van der Waals surface area (Å²) in [4.78, 5) is 9.72. The Morgan fingerprint density at radius 3 is 1.57 bits per heavy atom. The molecule has 0 aromatic rings. The van der Waals surface area contributed by atoms with E-state index in [1.165, 1.54) is 12.1 Å². The van der Waals surface area contributed by atoms with Gasteiger partial charge in [-0.1, -0.05) is 0 Å². The summed E-state index contributed by atoms with van der Waals surface area (Å²) in [5.41, 5.74) is 0. The van der Waals surface area contributed by atoms with Gasteiger partial charge in [-0.15, -0.1) is 0 Å². The molecule has 4 N–H and O–H groups in total. The molecule has 0 aromatic carbocycles. The minimum Gasteiger partial charge on any atom is -0.479 e. The third kappa shape index (κ3) is 8.43. The number of hydrogen-bond acceptors (Lipinski definition) is 6. The molecule has 0 saturated carbocycles. The van der Waals surface area contributed by atoms with E-state index in [1.807, 2.05) is 0 Å². The van der Waals surface area contributed by atoms with E-state index < -0.39 is 18.0 Å². The molecular weight excluding hydrogens is 192 g/mol.